The molecule has 16 aromatic rings. The number of hydrogen-bond donors (Lipinski definition) is 0. The van der Waals surface area contributed by atoms with Crippen molar-refractivity contribution >= 4 is 0 Å². The maximum atomic E-state index is 2.60. The van der Waals surface area contributed by atoms with Crippen LogP contribution in [-0.4, -0.2) is 22.8 Å². The summed E-state index contributed by atoms with van der Waals surface area (Å²) in [5.41, 5.74) is 33.8. The van der Waals surface area contributed by atoms with Gasteiger partial charge in [0.2, 0.25) is 0 Å². The second kappa shape index (κ2) is 40.7. The molecule has 5 heterocycles. The molecule has 11 aromatic carbocycles. The van der Waals surface area contributed by atoms with Gasteiger partial charge in [-0.2, -0.15) is 45.7 Å². The summed E-state index contributed by atoms with van der Waals surface area (Å²) in [4.78, 5) is 0. The first-order chi connectivity index (χ1) is 63.8. The molecule has 0 amide bonds. The molecule has 5 aromatic heterocycles. The van der Waals surface area contributed by atoms with Gasteiger partial charge in [0, 0.05) is 65.9 Å². The Morgan fingerprint density at radius 1 is 0.201 bits per heavy atom. The van der Waals surface area contributed by atoms with Crippen LogP contribution < -0.4 is 22.8 Å². The van der Waals surface area contributed by atoms with Crippen molar-refractivity contribution in [1.29, 1.82) is 0 Å². The maximum Gasteiger partial charge on any atom is 0.273 e. The summed E-state index contributed by atoms with van der Waals surface area (Å²) >= 11 is 0. The molecular formula is C124H151N10+5. The summed E-state index contributed by atoms with van der Waals surface area (Å²) in [5, 5.41) is 0. The fourth-order valence-corrected chi connectivity index (χ4v) is 21.1. The minimum atomic E-state index is -0.0596. The number of nitrogens with zero attached hydrogens (tertiary/aromatic N) is 10. The van der Waals surface area contributed by atoms with Crippen molar-refractivity contribution in [2.24, 2.45) is 0 Å². The minimum absolute atomic E-state index is 0.00972. The second-order valence-corrected chi connectivity index (χ2v) is 42.7. The molecule has 0 unspecified atom stereocenters. The van der Waals surface area contributed by atoms with Gasteiger partial charge in [-0.05, 0) is 283 Å². The Hall–Kier alpha value is -12.5. The average molecular weight is 1780 g/mol. The molecule has 0 saturated heterocycles. The molecule has 134 heavy (non-hydrogen) atoms. The Labute approximate surface area is 803 Å². The summed E-state index contributed by atoms with van der Waals surface area (Å²) < 4.78 is 24.8. The van der Waals surface area contributed by atoms with E-state index in [-0.39, 0.29) is 27.1 Å². The number of benzene rings is 11. The van der Waals surface area contributed by atoms with E-state index in [1.807, 2.05) is 0 Å². The third-order valence-electron chi connectivity index (χ3n) is 27.3. The molecule has 2 aliphatic carbocycles. The molecule has 692 valence electrons. The second-order valence-electron chi connectivity index (χ2n) is 42.7. The molecule has 10 heteroatoms. The zero-order valence-electron chi connectivity index (χ0n) is 85.9. The van der Waals surface area contributed by atoms with Gasteiger partial charge in [0.15, 0.2) is 22.8 Å². The van der Waals surface area contributed by atoms with Crippen LogP contribution in [0.2, 0.25) is 0 Å². The van der Waals surface area contributed by atoms with Crippen molar-refractivity contribution in [3.63, 3.8) is 0 Å². The lowest BCUT2D eigenvalue weighted by atomic mass is 9.86. The Morgan fingerprint density at radius 2 is 0.396 bits per heavy atom. The number of rotatable bonds is 13. The summed E-state index contributed by atoms with van der Waals surface area (Å²) in [6.07, 6.45) is 12.0. The molecule has 10 nitrogen and oxygen atoms in total. The van der Waals surface area contributed by atoms with E-state index in [1.54, 1.807) is 0 Å². The molecule has 0 bridgehead atoms. The highest BCUT2D eigenvalue weighted by Crippen LogP contribution is 2.43. The van der Waals surface area contributed by atoms with Crippen LogP contribution in [0.4, 0.5) is 0 Å². The summed E-state index contributed by atoms with van der Waals surface area (Å²) in [5.74, 6) is 7.90. The number of hydrogen-bond acceptors (Lipinski definition) is 0. The van der Waals surface area contributed by atoms with Gasteiger partial charge in [-0.1, -0.05) is 244 Å². The van der Waals surface area contributed by atoms with E-state index in [0.29, 0.717) is 11.8 Å². The third kappa shape index (κ3) is 20.3. The topological polar surface area (TPSA) is 44.0 Å². The van der Waals surface area contributed by atoms with Crippen LogP contribution in [0.5, 0.6) is 0 Å². The maximum absolute atomic E-state index is 2.60. The number of imidazole rings is 5. The normalized spacial score (nSPS) is 13.3. The van der Waals surface area contributed by atoms with Gasteiger partial charge < -0.3 is 0 Å². The highest BCUT2D eigenvalue weighted by Gasteiger charge is 2.46. The summed E-state index contributed by atoms with van der Waals surface area (Å²) in [6.45, 7) is 61.5. The molecule has 0 aliphatic heterocycles. The molecule has 18 rings (SSSR count). The lowest BCUT2D eigenvalue weighted by Crippen LogP contribution is -2.43. The predicted octanol–water partition coefficient (Wildman–Crippen LogP) is 29.3. The van der Waals surface area contributed by atoms with Crippen molar-refractivity contribution in [2.45, 2.75) is 284 Å². The van der Waals surface area contributed by atoms with Crippen LogP contribution in [0, 0.1) is 83.1 Å². The van der Waals surface area contributed by atoms with Gasteiger partial charge in [-0.25, -0.2) is 0 Å². The standard InChI is InChI=1S/C27H35N2.C27H29N2.C26H33N2.2C22H27N2/c2*1-20-14-12-13-19-24(20)28-21(2)25(22-15-8-6-9-16-22)29(26(28)27(3,4)5)23-17-10-7-11-18-23;1-19-13-9-12-18-23(19)27-20(2)24(21-14-10-11-15-21)28(25(27)26(3,4)5)22-16-7-6-8-17-22;2*1-16-12-10-11-15-20(16)24-18(3)17(2)23(21(24)22(4,5)6)19-13-8-7-9-14-19/h7,10-14,17-19,22H,6,8-9,15-16H2,1-5H3;6-19H,1-5H3;6-9,12-13,16-18,21H,10-11,14-15H2,1-5H3;2*7-15H,1-6H3/q5*+1. The molecule has 0 radical (unpaired) electrons. The SMILES string of the molecule is Cc1ccccc1-[n+]1c(C)c(-c2ccccc2)n(-c2ccccc2)c1C(C)(C)C.Cc1ccccc1-[n+]1c(C)c(C)n(-c2ccccc2)c1C(C)(C)C.Cc1ccccc1-[n+]1c(C)c(C)n(-c2ccccc2)c1C(C)(C)C.Cc1ccccc1-[n+]1c(C)c(C2CCCC2)n(-c2ccccc2)c1C(C)(C)C.Cc1ccccc1-[n+]1c(C)c(C2CCCCC2)n(-c2ccccc2)c1C(C)(C)C. The van der Waals surface area contributed by atoms with Crippen molar-refractivity contribution in [1.82, 2.24) is 22.8 Å². The van der Waals surface area contributed by atoms with E-state index < -0.39 is 0 Å². The van der Waals surface area contributed by atoms with E-state index in [9.17, 15) is 0 Å². The van der Waals surface area contributed by atoms with Crippen molar-refractivity contribution in [3.8, 4) is 68.1 Å². The molecular weight excluding hydrogens is 1630 g/mol. The van der Waals surface area contributed by atoms with Gasteiger partial charge in [-0.3, -0.25) is 0 Å². The molecule has 2 saturated carbocycles. The highest BCUT2D eigenvalue weighted by atomic mass is 15.2. The Kier molecular flexibility index (Phi) is 29.6. The first-order valence-corrected chi connectivity index (χ1v) is 49.3. The predicted molar refractivity (Wildman–Crippen MR) is 559 cm³/mol. The summed E-state index contributed by atoms with van der Waals surface area (Å²) in [7, 11) is 0. The quantitative estimate of drug-likeness (QED) is 0.103. The van der Waals surface area contributed by atoms with E-state index in [1.165, 1.54) is 234 Å². The average Bonchev–Trinajstić information content (AvgIpc) is 1.49. The lowest BCUT2D eigenvalue weighted by molar-refractivity contribution is -0.615. The van der Waals surface area contributed by atoms with Crippen LogP contribution >= 0.6 is 0 Å². The van der Waals surface area contributed by atoms with Crippen molar-refractivity contribution < 1.29 is 22.8 Å². The summed E-state index contributed by atoms with van der Waals surface area (Å²) in [6, 6.07) is 108. The van der Waals surface area contributed by atoms with E-state index >= 15 is 0 Å². The van der Waals surface area contributed by atoms with E-state index in [2.05, 4.69) is 536 Å². The van der Waals surface area contributed by atoms with Crippen LogP contribution in [0.15, 0.2) is 303 Å². The highest BCUT2D eigenvalue weighted by molar-refractivity contribution is 5.65. The molecule has 0 spiro atoms. The number of aromatic nitrogens is 10. The van der Waals surface area contributed by atoms with Gasteiger partial charge in [0.1, 0.15) is 91.0 Å². The van der Waals surface area contributed by atoms with Crippen LogP contribution in [0.1, 0.15) is 282 Å². The fraction of sp³-hybridized carbons (Fsp3) is 0.347. The van der Waals surface area contributed by atoms with Gasteiger partial charge in [0.05, 0.1) is 27.1 Å². The minimum Gasteiger partial charge on any atom is -0.196 e. The first-order valence-electron chi connectivity index (χ1n) is 49.3. The van der Waals surface area contributed by atoms with Crippen molar-refractivity contribution in [2.75, 3.05) is 0 Å². The Balaban J connectivity index is 0.000000135. The Bertz CT molecular complexity index is 6550. The van der Waals surface area contributed by atoms with E-state index in [0.717, 1.165) is 0 Å². The molecule has 2 aliphatic rings. The van der Waals surface area contributed by atoms with Gasteiger partial charge >= 0.3 is 0 Å². The number of para-hydroxylation sites is 10. The molecule has 2 fully saturated rings. The zero-order chi connectivity index (χ0) is 96.0. The van der Waals surface area contributed by atoms with Crippen LogP contribution in [0.25, 0.3) is 68.1 Å². The molecule has 0 atom stereocenters. The van der Waals surface area contributed by atoms with Crippen molar-refractivity contribution in [3.05, 3.63) is 412 Å². The first kappa shape index (κ1) is 97.5. The third-order valence-corrected chi connectivity index (χ3v) is 27.3. The van der Waals surface area contributed by atoms with Gasteiger partial charge in [0.25, 0.3) is 29.1 Å². The number of aryl methyl sites for hydroxylation is 5. The fourth-order valence-electron chi connectivity index (χ4n) is 21.1. The zero-order valence-corrected chi connectivity index (χ0v) is 85.9. The smallest absolute Gasteiger partial charge is 0.196 e. The largest absolute Gasteiger partial charge is 0.273 e. The Morgan fingerprint density at radius 3 is 0.649 bits per heavy atom. The van der Waals surface area contributed by atoms with Crippen LogP contribution in [-0.2, 0) is 27.1 Å². The van der Waals surface area contributed by atoms with Crippen LogP contribution in [0.3, 0.4) is 0 Å². The van der Waals surface area contributed by atoms with E-state index in [4.69, 9.17) is 0 Å². The molecule has 0 N–H and O–H groups in total. The monoisotopic (exact) mass is 1780 g/mol. The lowest BCUT2D eigenvalue weighted by Gasteiger charge is -2.22. The van der Waals surface area contributed by atoms with Gasteiger partial charge in [-0.15, -0.1) is 0 Å².